The van der Waals surface area contributed by atoms with Crippen molar-refractivity contribution in [2.75, 3.05) is 20.7 Å². The average molecular weight is 613 g/mol. The van der Waals surface area contributed by atoms with Gasteiger partial charge in [-0.3, -0.25) is 14.4 Å². The summed E-state index contributed by atoms with van der Waals surface area (Å²) in [5.41, 5.74) is 0. The zero-order chi connectivity index (χ0) is 31.6. The summed E-state index contributed by atoms with van der Waals surface area (Å²) >= 11 is 4.71. The third kappa shape index (κ3) is 15.2. The minimum Gasteiger partial charge on any atom is -0.466 e. The van der Waals surface area contributed by atoms with Gasteiger partial charge in [0.05, 0.1) is 18.4 Å². The minimum absolute atomic E-state index is 0.0384. The van der Waals surface area contributed by atoms with Crippen LogP contribution in [0.4, 0.5) is 0 Å². The van der Waals surface area contributed by atoms with Gasteiger partial charge < -0.3 is 9.64 Å². The molecule has 9 heteroatoms. The number of ketones is 1. The number of Topliss-reactive ketones (excluding diaryl/α,β-unsaturated/α-hetero) is 1. The third-order valence-electron chi connectivity index (χ3n) is 8.03. The van der Waals surface area contributed by atoms with Gasteiger partial charge in [-0.1, -0.05) is 79.1 Å². The number of rotatable bonds is 23. The van der Waals surface area contributed by atoms with E-state index in [0.29, 0.717) is 32.3 Å². The largest absolute Gasteiger partial charge is 0.472 e. The summed E-state index contributed by atoms with van der Waals surface area (Å²) in [4.78, 5) is 53.3. The van der Waals surface area contributed by atoms with Gasteiger partial charge in [-0.25, -0.2) is 8.35 Å². The van der Waals surface area contributed by atoms with Crippen LogP contribution in [0.15, 0.2) is 0 Å². The second-order valence-electron chi connectivity index (χ2n) is 12.3. The van der Waals surface area contributed by atoms with E-state index in [1.165, 1.54) is 19.3 Å². The molecule has 2 amide bonds. The lowest BCUT2D eigenvalue weighted by atomic mass is 9.87. The van der Waals surface area contributed by atoms with E-state index in [0.717, 1.165) is 44.9 Å². The van der Waals surface area contributed by atoms with Crippen molar-refractivity contribution >= 4 is 46.8 Å². The van der Waals surface area contributed by atoms with Gasteiger partial charge in [0.2, 0.25) is 5.91 Å². The number of quaternary nitrogens is 1. The van der Waals surface area contributed by atoms with Crippen LogP contribution in [0.25, 0.3) is 0 Å². The van der Waals surface area contributed by atoms with E-state index in [4.69, 9.17) is 17.6 Å². The van der Waals surface area contributed by atoms with Gasteiger partial charge in [-0.15, -0.1) is 0 Å². The van der Waals surface area contributed by atoms with Gasteiger partial charge >= 0.3 is 22.3 Å². The predicted molar refractivity (Wildman–Crippen MR) is 171 cm³/mol. The molecule has 0 rings (SSSR count). The Hall–Kier alpha value is -1.19. The molecule has 3 unspecified atom stereocenters. The Morgan fingerprint density at radius 3 is 1.76 bits per heavy atom. The quantitative estimate of drug-likeness (QED) is 0.0589. The number of unbranched alkanes of at least 4 members (excludes halogenated alkanes) is 6. The number of ether oxygens (including phenoxy) is 1. The lowest BCUT2D eigenvalue weighted by Gasteiger charge is -2.35. The van der Waals surface area contributed by atoms with Crippen molar-refractivity contribution in [1.82, 2.24) is 4.90 Å². The number of amides is 2. The first kappa shape index (κ1) is 39.8. The van der Waals surface area contributed by atoms with Gasteiger partial charge in [0.15, 0.2) is 5.78 Å². The molecule has 0 aromatic carbocycles. The molecule has 0 aliphatic carbocycles. The summed E-state index contributed by atoms with van der Waals surface area (Å²) in [5, 5.41) is 0. The lowest BCUT2D eigenvalue weighted by Crippen LogP contribution is -2.56. The second kappa shape index (κ2) is 21.5. The molecule has 0 N–H and O–H groups in total. The number of thiol groups is 1. The highest BCUT2D eigenvalue weighted by atomic mass is 32.1. The van der Waals surface area contributed by atoms with Gasteiger partial charge in [-0.2, -0.15) is 0 Å². The summed E-state index contributed by atoms with van der Waals surface area (Å²) in [7, 11) is 7.13. The van der Waals surface area contributed by atoms with E-state index in [1.54, 1.807) is 32.8 Å². The monoisotopic (exact) mass is 612 g/mol. The summed E-state index contributed by atoms with van der Waals surface area (Å²) in [6.07, 6.45) is 12.2. The van der Waals surface area contributed by atoms with E-state index in [-0.39, 0.29) is 50.8 Å². The SMILES string of the molecule is CCCCCCCC(CCCCCC(C[C@H](CC)C(=O)OCC)C(=O)N(C)C)C(=O)[N+]([Si])(S)[C@@H](CC(C)C)C(C)=O. The van der Waals surface area contributed by atoms with Gasteiger partial charge in [0, 0.05) is 46.2 Å². The minimum atomic E-state index is -0.534. The molecule has 0 aliphatic heterocycles. The third-order valence-corrected chi connectivity index (χ3v) is 9.04. The van der Waals surface area contributed by atoms with Crippen molar-refractivity contribution in [3.8, 4) is 0 Å². The lowest BCUT2D eigenvalue weighted by molar-refractivity contribution is -0.611. The zero-order valence-corrected chi connectivity index (χ0v) is 29.3. The Morgan fingerprint density at radius 1 is 0.805 bits per heavy atom. The van der Waals surface area contributed by atoms with Gasteiger partial charge in [0.1, 0.15) is 6.04 Å². The molecule has 0 spiro atoms. The predicted octanol–water partition coefficient (Wildman–Crippen LogP) is 6.87. The maximum Gasteiger partial charge on any atom is 0.472 e. The van der Waals surface area contributed by atoms with Crippen LogP contribution in [0.2, 0.25) is 0 Å². The molecule has 0 heterocycles. The van der Waals surface area contributed by atoms with Crippen LogP contribution in [0.1, 0.15) is 131 Å². The van der Waals surface area contributed by atoms with Crippen LogP contribution in [0.5, 0.6) is 0 Å². The van der Waals surface area contributed by atoms with E-state index in [1.807, 2.05) is 6.92 Å². The molecule has 0 bridgehead atoms. The maximum atomic E-state index is 13.8. The molecule has 41 heavy (non-hydrogen) atoms. The highest BCUT2D eigenvalue weighted by Crippen LogP contribution is 2.30. The molecule has 0 fully saturated rings. The number of hydrogen-bond donors (Lipinski definition) is 1. The van der Waals surface area contributed by atoms with Crippen molar-refractivity contribution < 1.29 is 27.5 Å². The summed E-state index contributed by atoms with van der Waals surface area (Å²) in [6.45, 7) is 11.9. The van der Waals surface area contributed by atoms with E-state index >= 15 is 0 Å². The Kier molecular flexibility index (Phi) is 20.9. The first-order chi connectivity index (χ1) is 19.2. The standard InChI is InChI=1S/C32H60N2O5SSi/c1-9-12-13-14-16-19-27(31(37)34(40,41)29(25(6)35)22-24(4)5)20-17-15-18-21-28(30(36)33(7)8)23-26(10-2)32(38)39-11-3/h24,26-29,40H,9-23H2,1-8H3/q+1/t26-,27?,28?,29-,34?/m0/s1. The molecule has 0 saturated carbocycles. The molecule has 0 aliphatic rings. The van der Waals surface area contributed by atoms with Crippen LogP contribution < -0.4 is 0 Å². The molecule has 3 radical (unpaired) electrons. The Labute approximate surface area is 260 Å². The van der Waals surface area contributed by atoms with E-state index in [9.17, 15) is 19.2 Å². The Morgan fingerprint density at radius 2 is 1.32 bits per heavy atom. The van der Waals surface area contributed by atoms with Gasteiger partial charge in [-0.05, 0) is 44.9 Å². The maximum absolute atomic E-state index is 13.8. The second-order valence-corrected chi connectivity index (χ2v) is 14.1. The van der Waals surface area contributed by atoms with Crippen molar-refractivity contribution in [3.63, 3.8) is 0 Å². The number of hydrogen-bond acceptors (Lipinski definition) is 6. The zero-order valence-electron chi connectivity index (χ0n) is 27.4. The molecule has 0 saturated heterocycles. The van der Waals surface area contributed by atoms with Crippen LogP contribution in [-0.2, 0) is 23.9 Å². The molecule has 0 aromatic heterocycles. The van der Waals surface area contributed by atoms with Crippen molar-refractivity contribution in [2.45, 2.75) is 137 Å². The smallest absolute Gasteiger partial charge is 0.466 e. The molecule has 237 valence electrons. The van der Waals surface area contributed by atoms with Gasteiger partial charge in [0.25, 0.3) is 0 Å². The first-order valence-electron chi connectivity index (χ1n) is 16.0. The van der Waals surface area contributed by atoms with Crippen LogP contribution in [0, 0.1) is 23.7 Å². The highest BCUT2D eigenvalue weighted by Gasteiger charge is 2.44. The number of carbonyl (C=O) groups excluding carboxylic acids is 4. The molecule has 7 nitrogen and oxygen atoms in total. The fourth-order valence-corrected chi connectivity index (χ4v) is 6.43. The number of carbonyl (C=O) groups is 4. The highest BCUT2D eigenvalue weighted by molar-refractivity contribution is 7.75. The first-order valence-corrected chi connectivity index (χ1v) is 16.9. The van der Waals surface area contributed by atoms with Crippen LogP contribution in [-0.4, -0.2) is 69.2 Å². The molecule has 5 atom stereocenters. The van der Waals surface area contributed by atoms with Crippen LogP contribution >= 0.6 is 12.8 Å². The fraction of sp³-hybridized carbons (Fsp3) is 0.875. The van der Waals surface area contributed by atoms with Crippen molar-refractivity contribution in [1.29, 1.82) is 0 Å². The molecular formula is C32H60N2O5SSi+. The summed E-state index contributed by atoms with van der Waals surface area (Å²) in [6, 6.07) is -0.534. The summed E-state index contributed by atoms with van der Waals surface area (Å²) < 4.78 is 4.86. The topological polar surface area (TPSA) is 80.8 Å². The fourth-order valence-electron chi connectivity index (χ4n) is 5.54. The van der Waals surface area contributed by atoms with Crippen molar-refractivity contribution in [3.05, 3.63) is 0 Å². The van der Waals surface area contributed by atoms with Crippen molar-refractivity contribution in [2.24, 2.45) is 23.7 Å². The Bertz CT molecular complexity index is 790. The number of nitrogens with zero attached hydrogens (tertiary/aromatic N) is 2. The van der Waals surface area contributed by atoms with E-state index in [2.05, 4.69) is 31.2 Å². The van der Waals surface area contributed by atoms with Crippen LogP contribution in [0.3, 0.4) is 0 Å². The molecule has 0 aromatic rings. The molecular weight excluding hydrogens is 553 g/mol. The number of esters is 1. The Balaban J connectivity index is 5.40. The normalized spacial score (nSPS) is 16.0. The average Bonchev–Trinajstić information content (AvgIpc) is 2.90. The van der Waals surface area contributed by atoms with E-state index < -0.39 is 6.04 Å². The summed E-state index contributed by atoms with van der Waals surface area (Å²) in [5.74, 6) is -0.691.